The Labute approximate surface area is 141 Å². The second-order valence-corrected chi connectivity index (χ2v) is 4.99. The van der Waals surface area contributed by atoms with E-state index in [1.165, 1.54) is 6.20 Å². The Morgan fingerprint density at radius 1 is 1.12 bits per heavy atom. The summed E-state index contributed by atoms with van der Waals surface area (Å²) in [6.45, 7) is 0. The molecule has 4 N–H and O–H groups in total. The van der Waals surface area contributed by atoms with Gasteiger partial charge in [0.15, 0.2) is 11.5 Å². The van der Waals surface area contributed by atoms with Gasteiger partial charge in [-0.25, -0.2) is 4.98 Å². The molecule has 0 aliphatic carbocycles. The van der Waals surface area contributed by atoms with Crippen molar-refractivity contribution in [3.05, 3.63) is 76.3 Å². The highest BCUT2D eigenvalue weighted by Crippen LogP contribution is 2.15. The van der Waals surface area contributed by atoms with Crippen molar-refractivity contribution in [3.63, 3.8) is 0 Å². The van der Waals surface area contributed by atoms with Gasteiger partial charge in [0.1, 0.15) is 11.5 Å². The summed E-state index contributed by atoms with van der Waals surface area (Å²) in [4.78, 5) is 38.3. The molecule has 0 saturated carbocycles. The third-order valence-corrected chi connectivity index (χ3v) is 3.30. The van der Waals surface area contributed by atoms with Gasteiger partial charge >= 0.3 is 5.91 Å². The number of aliphatic imine (C=N–C) groups is 1. The van der Waals surface area contributed by atoms with Gasteiger partial charge in [-0.1, -0.05) is 36.4 Å². The molecular formula is C17H13N5O3. The highest BCUT2D eigenvalue weighted by atomic mass is 16.3. The molecule has 2 aromatic heterocycles. The second kappa shape index (κ2) is 6.75. The highest BCUT2D eigenvalue weighted by molar-refractivity contribution is 6.08. The monoisotopic (exact) mass is 335 g/mol. The Bertz CT molecular complexity index is 998. The van der Waals surface area contributed by atoms with Gasteiger partial charge in [0, 0.05) is 11.8 Å². The summed E-state index contributed by atoms with van der Waals surface area (Å²) in [7, 11) is 0. The third kappa shape index (κ3) is 3.42. The zero-order valence-corrected chi connectivity index (χ0v) is 12.9. The fraction of sp³-hybridized carbons (Fsp3) is 0. The Kier molecular flexibility index (Phi) is 4.34. The Balaban J connectivity index is 2.03. The van der Waals surface area contributed by atoms with Crippen LogP contribution in [-0.4, -0.2) is 31.8 Å². The van der Waals surface area contributed by atoms with Crippen molar-refractivity contribution in [2.45, 2.75) is 0 Å². The lowest BCUT2D eigenvalue weighted by molar-refractivity contribution is 0.0995. The van der Waals surface area contributed by atoms with Gasteiger partial charge in [0.05, 0.1) is 0 Å². The van der Waals surface area contributed by atoms with Crippen molar-refractivity contribution in [1.29, 1.82) is 0 Å². The summed E-state index contributed by atoms with van der Waals surface area (Å²) in [6, 6.07) is 13.6. The third-order valence-electron chi connectivity index (χ3n) is 3.30. The number of carbonyl (C=O) groups is 1. The van der Waals surface area contributed by atoms with Crippen molar-refractivity contribution >= 4 is 11.7 Å². The van der Waals surface area contributed by atoms with E-state index in [0.29, 0.717) is 11.3 Å². The van der Waals surface area contributed by atoms with E-state index in [1.807, 2.05) is 0 Å². The first-order chi connectivity index (χ1) is 12.1. The average molecular weight is 335 g/mol. The van der Waals surface area contributed by atoms with Crippen LogP contribution in [0, 0.1) is 0 Å². The van der Waals surface area contributed by atoms with Crippen molar-refractivity contribution < 1.29 is 9.90 Å². The predicted octanol–water partition coefficient (Wildman–Crippen LogP) is 1.08. The minimum absolute atomic E-state index is 0.0419. The lowest BCUT2D eigenvalue weighted by Crippen LogP contribution is -2.19. The fourth-order valence-corrected chi connectivity index (χ4v) is 2.08. The molecule has 3 rings (SSSR count). The molecule has 0 bridgehead atoms. The number of carbonyl (C=O) groups excluding carboxylic acids is 1. The van der Waals surface area contributed by atoms with Crippen LogP contribution in [0.1, 0.15) is 16.1 Å². The molecular weight excluding hydrogens is 322 g/mol. The standard InChI is InChI=1S/C17H13N5O3/c18-14(10-6-2-1-3-7-10)21-16(24)12-13(23)17(25)22-15(20-12)11-8-4-5-9-19-11/h1-9,23H,(H2,18,21,24)(H,20,22,25). The molecule has 0 spiro atoms. The van der Waals surface area contributed by atoms with Gasteiger partial charge in [0.2, 0.25) is 5.75 Å². The SMILES string of the molecule is NC(=NC(=O)c1nc(-c2ccccn2)[nH]c(=O)c1O)c1ccccc1. The Hall–Kier alpha value is -3.81. The van der Waals surface area contributed by atoms with Crippen LogP contribution in [0.5, 0.6) is 5.75 Å². The molecule has 8 heteroatoms. The van der Waals surface area contributed by atoms with Crippen LogP contribution >= 0.6 is 0 Å². The van der Waals surface area contributed by atoms with E-state index in [0.717, 1.165) is 0 Å². The quantitative estimate of drug-likeness (QED) is 0.484. The van der Waals surface area contributed by atoms with E-state index in [9.17, 15) is 14.7 Å². The second-order valence-electron chi connectivity index (χ2n) is 4.99. The molecule has 0 aliphatic rings. The number of nitrogens with one attached hydrogen (secondary N) is 1. The summed E-state index contributed by atoms with van der Waals surface area (Å²) >= 11 is 0. The minimum Gasteiger partial charge on any atom is -0.501 e. The van der Waals surface area contributed by atoms with Gasteiger partial charge in [-0.15, -0.1) is 0 Å². The van der Waals surface area contributed by atoms with E-state index in [2.05, 4.69) is 19.9 Å². The number of benzene rings is 1. The van der Waals surface area contributed by atoms with Crippen LogP contribution in [0.25, 0.3) is 11.5 Å². The molecule has 0 saturated heterocycles. The van der Waals surface area contributed by atoms with E-state index < -0.39 is 22.9 Å². The van der Waals surface area contributed by atoms with Crippen LogP contribution in [-0.2, 0) is 0 Å². The van der Waals surface area contributed by atoms with Crippen LogP contribution in [0.15, 0.2) is 64.5 Å². The Morgan fingerprint density at radius 2 is 1.84 bits per heavy atom. The van der Waals surface area contributed by atoms with Crippen molar-refractivity contribution in [2.24, 2.45) is 10.7 Å². The lowest BCUT2D eigenvalue weighted by Gasteiger charge is -2.04. The lowest BCUT2D eigenvalue weighted by atomic mass is 10.2. The predicted molar refractivity (Wildman–Crippen MR) is 91.3 cm³/mol. The number of rotatable bonds is 3. The van der Waals surface area contributed by atoms with Gasteiger partial charge < -0.3 is 15.8 Å². The molecule has 0 atom stereocenters. The number of H-pyrrole nitrogens is 1. The Morgan fingerprint density at radius 3 is 2.52 bits per heavy atom. The maximum Gasteiger partial charge on any atom is 0.301 e. The van der Waals surface area contributed by atoms with E-state index in [1.54, 1.807) is 48.5 Å². The maximum absolute atomic E-state index is 12.3. The molecule has 0 unspecified atom stereocenters. The number of aromatic hydroxyl groups is 1. The van der Waals surface area contributed by atoms with Crippen molar-refractivity contribution in [1.82, 2.24) is 15.0 Å². The number of pyridine rings is 1. The van der Waals surface area contributed by atoms with E-state index >= 15 is 0 Å². The smallest absolute Gasteiger partial charge is 0.301 e. The highest BCUT2D eigenvalue weighted by Gasteiger charge is 2.19. The van der Waals surface area contributed by atoms with Gasteiger partial charge in [-0.3, -0.25) is 14.6 Å². The maximum atomic E-state index is 12.3. The number of amides is 1. The van der Waals surface area contributed by atoms with Crippen LogP contribution in [0.2, 0.25) is 0 Å². The largest absolute Gasteiger partial charge is 0.501 e. The molecule has 0 aliphatic heterocycles. The molecule has 25 heavy (non-hydrogen) atoms. The van der Waals surface area contributed by atoms with E-state index in [4.69, 9.17) is 5.73 Å². The molecule has 0 radical (unpaired) electrons. The fourth-order valence-electron chi connectivity index (χ4n) is 2.08. The number of nitrogens with two attached hydrogens (primary N) is 1. The van der Waals surface area contributed by atoms with Crippen LogP contribution in [0.4, 0.5) is 0 Å². The number of hydrogen-bond donors (Lipinski definition) is 3. The first-order valence-electron chi connectivity index (χ1n) is 7.25. The summed E-state index contributed by atoms with van der Waals surface area (Å²) in [5.41, 5.74) is 5.30. The van der Waals surface area contributed by atoms with E-state index in [-0.39, 0.29) is 11.7 Å². The number of aromatic nitrogens is 3. The molecule has 8 nitrogen and oxygen atoms in total. The topological polar surface area (TPSA) is 134 Å². The molecule has 3 aromatic rings. The first-order valence-corrected chi connectivity index (χ1v) is 7.25. The number of nitrogens with zero attached hydrogens (tertiary/aromatic N) is 3. The summed E-state index contributed by atoms with van der Waals surface area (Å²) in [6.07, 6.45) is 1.51. The number of amidine groups is 1. The zero-order chi connectivity index (χ0) is 17.8. The molecule has 0 fully saturated rings. The zero-order valence-electron chi connectivity index (χ0n) is 12.9. The summed E-state index contributed by atoms with van der Waals surface area (Å²) in [5.74, 6) is -1.76. The van der Waals surface area contributed by atoms with Crippen LogP contribution < -0.4 is 11.3 Å². The number of hydrogen-bond acceptors (Lipinski definition) is 5. The minimum atomic E-state index is -0.929. The van der Waals surface area contributed by atoms with Crippen LogP contribution in [0.3, 0.4) is 0 Å². The molecule has 124 valence electrons. The molecule has 2 heterocycles. The first kappa shape index (κ1) is 16.1. The summed E-state index contributed by atoms with van der Waals surface area (Å²) in [5, 5.41) is 9.87. The molecule has 1 aromatic carbocycles. The van der Waals surface area contributed by atoms with Gasteiger partial charge in [0.25, 0.3) is 5.56 Å². The van der Waals surface area contributed by atoms with Gasteiger partial charge in [-0.2, -0.15) is 4.99 Å². The average Bonchev–Trinajstić information content (AvgIpc) is 2.65. The summed E-state index contributed by atoms with van der Waals surface area (Å²) < 4.78 is 0. The van der Waals surface area contributed by atoms with Crippen molar-refractivity contribution in [3.8, 4) is 17.3 Å². The molecule has 1 amide bonds. The van der Waals surface area contributed by atoms with Gasteiger partial charge in [-0.05, 0) is 12.1 Å². The number of aromatic amines is 1. The van der Waals surface area contributed by atoms with Crippen molar-refractivity contribution in [2.75, 3.05) is 0 Å². The normalized spacial score (nSPS) is 11.3.